The highest BCUT2D eigenvalue weighted by atomic mass is 79.9. The van der Waals surface area contributed by atoms with Gasteiger partial charge >= 0.3 is 12.1 Å². The summed E-state index contributed by atoms with van der Waals surface area (Å²) in [5.74, 6) is 0. The largest absolute Gasteiger partial charge is 0.465 e. The van der Waals surface area contributed by atoms with Gasteiger partial charge in [0.25, 0.3) is 0 Å². The fourth-order valence-corrected chi connectivity index (χ4v) is 3.66. The Bertz CT molecular complexity index is 537. The molecule has 3 heterocycles. The van der Waals surface area contributed by atoms with Crippen LogP contribution >= 0.6 is 27.3 Å². The number of piperazine rings is 1. The van der Waals surface area contributed by atoms with Gasteiger partial charge in [0, 0.05) is 25.0 Å². The van der Waals surface area contributed by atoms with Gasteiger partial charge < -0.3 is 14.9 Å². The third-order valence-corrected chi connectivity index (χ3v) is 4.89. The van der Waals surface area contributed by atoms with Crippen molar-refractivity contribution >= 4 is 44.5 Å². The molecule has 0 saturated carbocycles. The lowest BCUT2D eigenvalue weighted by molar-refractivity contribution is 0.0997. The number of urea groups is 1. The van der Waals surface area contributed by atoms with Gasteiger partial charge in [-0.3, -0.25) is 4.90 Å². The topological polar surface area (TPSA) is 77.0 Å². The maximum absolute atomic E-state index is 12.3. The zero-order chi connectivity index (χ0) is 13.6. The summed E-state index contributed by atoms with van der Waals surface area (Å²) in [5, 5.41) is 11.5. The zero-order valence-electron chi connectivity index (χ0n) is 9.82. The number of halogens is 1. The van der Waals surface area contributed by atoms with Crippen LogP contribution in [0.2, 0.25) is 0 Å². The van der Waals surface area contributed by atoms with E-state index in [4.69, 9.17) is 5.11 Å². The van der Waals surface area contributed by atoms with Gasteiger partial charge in [0.15, 0.2) is 5.13 Å². The molecule has 0 aliphatic carbocycles. The lowest BCUT2D eigenvalue weighted by Crippen LogP contribution is -2.53. The molecule has 7 nitrogen and oxygen atoms in total. The Morgan fingerprint density at radius 1 is 1.47 bits per heavy atom. The van der Waals surface area contributed by atoms with Crippen LogP contribution in [0, 0.1) is 0 Å². The third-order valence-electron chi connectivity index (χ3n) is 3.32. The van der Waals surface area contributed by atoms with Gasteiger partial charge in [-0.25, -0.2) is 14.6 Å². The van der Waals surface area contributed by atoms with Gasteiger partial charge in [0.05, 0.1) is 12.6 Å². The van der Waals surface area contributed by atoms with Gasteiger partial charge in [-0.2, -0.15) is 0 Å². The second-order valence-corrected chi connectivity index (χ2v) is 6.07. The molecule has 102 valence electrons. The quantitative estimate of drug-likeness (QED) is 0.836. The minimum absolute atomic E-state index is 0.0833. The summed E-state index contributed by atoms with van der Waals surface area (Å²) in [6.07, 6.45) is -0.928. The summed E-state index contributed by atoms with van der Waals surface area (Å²) in [6.45, 7) is 1.67. The number of anilines is 1. The first-order valence-corrected chi connectivity index (χ1v) is 7.40. The van der Waals surface area contributed by atoms with E-state index in [1.807, 2.05) is 5.38 Å². The number of hydrogen-bond acceptors (Lipinski definition) is 4. The predicted octanol–water partition coefficient (Wildman–Crippen LogP) is 1.51. The molecular formula is C10H11BrN4O3S. The second kappa shape index (κ2) is 4.64. The maximum atomic E-state index is 12.3. The van der Waals surface area contributed by atoms with Crippen molar-refractivity contribution in [2.45, 2.75) is 6.04 Å². The number of carbonyl (C=O) groups is 2. The summed E-state index contributed by atoms with van der Waals surface area (Å²) in [4.78, 5) is 32.2. The number of fused-ring (bicyclic) bond motifs is 1. The van der Waals surface area contributed by atoms with Gasteiger partial charge in [-0.15, -0.1) is 11.3 Å². The van der Waals surface area contributed by atoms with Crippen molar-refractivity contribution in [1.82, 2.24) is 14.8 Å². The zero-order valence-corrected chi connectivity index (χ0v) is 12.2. The predicted molar refractivity (Wildman–Crippen MR) is 72.6 cm³/mol. The molecule has 1 aromatic rings. The molecule has 2 saturated heterocycles. The van der Waals surface area contributed by atoms with Crippen LogP contribution in [0.15, 0.2) is 9.98 Å². The van der Waals surface area contributed by atoms with E-state index in [2.05, 4.69) is 20.9 Å². The van der Waals surface area contributed by atoms with Crippen LogP contribution in [-0.2, 0) is 0 Å². The Labute approximate surface area is 121 Å². The van der Waals surface area contributed by atoms with E-state index in [1.165, 1.54) is 16.2 Å². The molecule has 0 spiro atoms. The van der Waals surface area contributed by atoms with Crippen LogP contribution in [-0.4, -0.2) is 64.2 Å². The van der Waals surface area contributed by atoms with Crippen LogP contribution in [0.1, 0.15) is 0 Å². The summed E-state index contributed by atoms with van der Waals surface area (Å²) in [7, 11) is 0. The highest BCUT2D eigenvalue weighted by molar-refractivity contribution is 9.10. The van der Waals surface area contributed by atoms with Crippen molar-refractivity contribution in [2.24, 2.45) is 0 Å². The van der Waals surface area contributed by atoms with E-state index in [1.54, 1.807) is 9.80 Å². The lowest BCUT2D eigenvalue weighted by atomic mass is 10.2. The third kappa shape index (κ3) is 2.16. The highest BCUT2D eigenvalue weighted by Gasteiger charge is 2.43. The van der Waals surface area contributed by atoms with Crippen molar-refractivity contribution < 1.29 is 14.7 Å². The molecule has 2 aliphatic rings. The summed E-state index contributed by atoms with van der Waals surface area (Å²) >= 11 is 4.66. The van der Waals surface area contributed by atoms with Crippen molar-refractivity contribution in [1.29, 1.82) is 0 Å². The fourth-order valence-electron chi connectivity index (χ4n) is 2.41. The van der Waals surface area contributed by atoms with Gasteiger partial charge in [0.1, 0.15) is 4.60 Å². The highest BCUT2D eigenvalue weighted by Crippen LogP contribution is 2.30. The normalized spacial score (nSPS) is 22.9. The monoisotopic (exact) mass is 346 g/mol. The molecule has 0 bridgehead atoms. The van der Waals surface area contributed by atoms with Gasteiger partial charge in [0.2, 0.25) is 0 Å². The molecule has 0 radical (unpaired) electrons. The second-order valence-electron chi connectivity index (χ2n) is 4.42. The van der Waals surface area contributed by atoms with Crippen LogP contribution in [0.5, 0.6) is 0 Å². The minimum atomic E-state index is -0.928. The van der Waals surface area contributed by atoms with E-state index in [9.17, 15) is 9.59 Å². The van der Waals surface area contributed by atoms with E-state index in [0.717, 1.165) is 0 Å². The number of nitrogens with zero attached hydrogens (tertiary/aromatic N) is 4. The molecule has 9 heteroatoms. The number of thiazole rings is 1. The first kappa shape index (κ1) is 12.7. The van der Waals surface area contributed by atoms with E-state index in [-0.39, 0.29) is 12.1 Å². The lowest BCUT2D eigenvalue weighted by Gasteiger charge is -2.34. The molecule has 19 heavy (non-hydrogen) atoms. The number of carboxylic acid groups (broad SMARTS) is 1. The van der Waals surface area contributed by atoms with E-state index in [0.29, 0.717) is 35.9 Å². The van der Waals surface area contributed by atoms with Crippen LogP contribution in [0.25, 0.3) is 0 Å². The Morgan fingerprint density at radius 2 is 2.26 bits per heavy atom. The summed E-state index contributed by atoms with van der Waals surface area (Å²) < 4.78 is 0.706. The standard InChI is InChI=1S/C10H11BrN4O3S/c11-7-5-19-8(12-7)15-4-6-3-13(10(17)18)1-2-14(6)9(15)16/h5-6H,1-4H2,(H,17,18)/t6-/m0/s1. The molecule has 1 N–H and O–H groups in total. The molecule has 3 amide bonds. The smallest absolute Gasteiger partial charge is 0.407 e. The minimum Gasteiger partial charge on any atom is -0.465 e. The average Bonchev–Trinajstić information content (AvgIpc) is 2.93. The van der Waals surface area contributed by atoms with Crippen molar-refractivity contribution in [2.75, 3.05) is 31.1 Å². The van der Waals surface area contributed by atoms with Crippen molar-refractivity contribution in [3.63, 3.8) is 0 Å². The van der Waals surface area contributed by atoms with Crippen LogP contribution < -0.4 is 4.90 Å². The molecule has 0 unspecified atom stereocenters. The SMILES string of the molecule is O=C(O)N1CCN2C(=O)N(c3nc(Br)cs3)C[C@@H]2C1. The van der Waals surface area contributed by atoms with Crippen LogP contribution in [0.3, 0.4) is 0 Å². The molecule has 3 rings (SSSR count). The first-order chi connectivity index (χ1) is 9.06. The summed E-state index contributed by atoms with van der Waals surface area (Å²) in [5.41, 5.74) is 0. The Hall–Kier alpha value is -1.35. The number of hydrogen-bond donors (Lipinski definition) is 1. The molecule has 1 aromatic heterocycles. The molecule has 2 fully saturated rings. The molecule has 2 aliphatic heterocycles. The van der Waals surface area contributed by atoms with Crippen molar-refractivity contribution in [3.8, 4) is 0 Å². The average molecular weight is 347 g/mol. The Balaban J connectivity index is 1.78. The van der Waals surface area contributed by atoms with Crippen LogP contribution in [0.4, 0.5) is 14.7 Å². The first-order valence-electron chi connectivity index (χ1n) is 5.73. The summed E-state index contributed by atoms with van der Waals surface area (Å²) in [6, 6.07) is -0.170. The van der Waals surface area contributed by atoms with E-state index < -0.39 is 6.09 Å². The number of carbonyl (C=O) groups excluding carboxylic acids is 1. The molecular weight excluding hydrogens is 336 g/mol. The Kier molecular flexibility index (Phi) is 3.09. The molecule has 1 atom stereocenters. The van der Waals surface area contributed by atoms with E-state index >= 15 is 0 Å². The number of rotatable bonds is 1. The van der Waals surface area contributed by atoms with Gasteiger partial charge in [-0.05, 0) is 15.9 Å². The number of aromatic nitrogens is 1. The fraction of sp³-hybridized carbons (Fsp3) is 0.500. The molecule has 0 aromatic carbocycles. The van der Waals surface area contributed by atoms with Gasteiger partial charge in [-0.1, -0.05) is 0 Å². The maximum Gasteiger partial charge on any atom is 0.407 e. The Morgan fingerprint density at radius 3 is 2.89 bits per heavy atom. The number of amides is 3. The van der Waals surface area contributed by atoms with Crippen molar-refractivity contribution in [3.05, 3.63) is 9.98 Å².